The van der Waals surface area contributed by atoms with Crippen molar-refractivity contribution in [3.63, 3.8) is 0 Å². The second-order valence-electron chi connectivity index (χ2n) is 5.60. The molecule has 0 radical (unpaired) electrons. The fourth-order valence-corrected chi connectivity index (χ4v) is 2.89. The Labute approximate surface area is 123 Å². The van der Waals surface area contributed by atoms with Gasteiger partial charge in [0, 0.05) is 22.5 Å². The number of pyridine rings is 1. The largest absolute Gasteiger partial charge is 0.354 e. The van der Waals surface area contributed by atoms with Crippen molar-refractivity contribution in [3.8, 4) is 0 Å². The molecule has 4 aromatic rings. The van der Waals surface area contributed by atoms with Gasteiger partial charge in [0.25, 0.3) is 0 Å². The summed E-state index contributed by atoms with van der Waals surface area (Å²) < 4.78 is 2.24. The van der Waals surface area contributed by atoms with Crippen LogP contribution in [-0.2, 0) is 6.54 Å². The minimum Gasteiger partial charge on any atom is -0.354 e. The van der Waals surface area contributed by atoms with E-state index >= 15 is 0 Å². The lowest BCUT2D eigenvalue weighted by molar-refractivity contribution is -0.687. The maximum absolute atomic E-state index is 3.48. The van der Waals surface area contributed by atoms with Crippen LogP contribution in [0.2, 0.25) is 0 Å². The van der Waals surface area contributed by atoms with Crippen molar-refractivity contribution in [2.75, 3.05) is 0 Å². The minimum atomic E-state index is 0.898. The van der Waals surface area contributed by atoms with Crippen molar-refractivity contribution in [2.24, 2.45) is 0 Å². The first-order valence-corrected chi connectivity index (χ1v) is 7.25. The van der Waals surface area contributed by atoms with Crippen LogP contribution in [0.25, 0.3) is 21.8 Å². The van der Waals surface area contributed by atoms with Crippen molar-refractivity contribution in [2.45, 2.75) is 13.5 Å². The van der Waals surface area contributed by atoms with Gasteiger partial charge in [-0.3, -0.25) is 0 Å². The van der Waals surface area contributed by atoms with Gasteiger partial charge in [0.1, 0.15) is 0 Å². The van der Waals surface area contributed by atoms with Crippen LogP contribution in [0.3, 0.4) is 0 Å². The van der Waals surface area contributed by atoms with Gasteiger partial charge >= 0.3 is 0 Å². The first kappa shape index (κ1) is 12.2. The Morgan fingerprint density at radius 3 is 2.57 bits per heavy atom. The van der Waals surface area contributed by atoms with Gasteiger partial charge in [-0.2, -0.15) is 0 Å². The van der Waals surface area contributed by atoms with E-state index in [1.807, 2.05) is 0 Å². The number of nitrogens with one attached hydrogen (secondary N) is 1. The van der Waals surface area contributed by atoms with Gasteiger partial charge in [-0.1, -0.05) is 42.0 Å². The molecule has 2 heteroatoms. The molecule has 1 N–H and O–H groups in total. The Morgan fingerprint density at radius 1 is 0.905 bits per heavy atom. The summed E-state index contributed by atoms with van der Waals surface area (Å²) in [7, 11) is 0. The highest BCUT2D eigenvalue weighted by Gasteiger charge is 2.10. The lowest BCUT2D eigenvalue weighted by Crippen LogP contribution is -2.33. The standard InChI is InChI=1S/C19H16N2/c1-14-7-8-18-16(11-14)17-13-21(10-9-19(17)20-18)12-15-5-3-2-4-6-15/h2-11,13H,12H2,1H3/p+1. The van der Waals surface area contributed by atoms with Crippen molar-refractivity contribution in [3.05, 3.63) is 78.1 Å². The summed E-state index contributed by atoms with van der Waals surface area (Å²) in [6, 6.07) is 19.3. The number of aromatic amines is 1. The molecule has 0 unspecified atom stereocenters. The van der Waals surface area contributed by atoms with E-state index < -0.39 is 0 Å². The molecule has 2 heterocycles. The van der Waals surface area contributed by atoms with E-state index in [4.69, 9.17) is 0 Å². The van der Waals surface area contributed by atoms with Gasteiger partial charge in [0.05, 0.1) is 10.9 Å². The lowest BCUT2D eigenvalue weighted by atomic mass is 10.1. The maximum atomic E-state index is 3.48. The number of H-pyrrole nitrogens is 1. The van der Waals surface area contributed by atoms with Gasteiger partial charge < -0.3 is 4.98 Å². The number of aromatic nitrogens is 2. The third-order valence-corrected chi connectivity index (χ3v) is 3.96. The molecule has 4 rings (SSSR count). The van der Waals surface area contributed by atoms with E-state index in [1.54, 1.807) is 0 Å². The average molecular weight is 273 g/mol. The van der Waals surface area contributed by atoms with E-state index in [9.17, 15) is 0 Å². The van der Waals surface area contributed by atoms with Crippen LogP contribution in [0.5, 0.6) is 0 Å². The average Bonchev–Trinajstić information content (AvgIpc) is 2.86. The van der Waals surface area contributed by atoms with Gasteiger partial charge in [0.15, 0.2) is 18.9 Å². The number of rotatable bonds is 2. The molecule has 0 amide bonds. The Bertz CT molecular complexity index is 920. The molecule has 0 bridgehead atoms. The Balaban J connectivity index is 1.85. The number of aryl methyl sites for hydroxylation is 1. The quantitative estimate of drug-likeness (QED) is 0.533. The van der Waals surface area contributed by atoms with Crippen molar-refractivity contribution in [1.82, 2.24) is 4.98 Å². The first-order valence-electron chi connectivity index (χ1n) is 7.25. The molecule has 2 nitrogen and oxygen atoms in total. The Hall–Kier alpha value is -2.61. The van der Waals surface area contributed by atoms with Gasteiger partial charge in [0.2, 0.25) is 0 Å². The molecule has 2 aromatic heterocycles. The highest BCUT2D eigenvalue weighted by molar-refractivity contribution is 6.06. The lowest BCUT2D eigenvalue weighted by Gasteiger charge is -1.98. The fourth-order valence-electron chi connectivity index (χ4n) is 2.89. The number of benzene rings is 2. The van der Waals surface area contributed by atoms with Crippen molar-refractivity contribution >= 4 is 21.8 Å². The topological polar surface area (TPSA) is 19.7 Å². The summed E-state index contributed by atoms with van der Waals surface area (Å²) in [6.07, 6.45) is 4.37. The molecule has 2 aromatic carbocycles. The summed E-state index contributed by atoms with van der Waals surface area (Å²) in [5.41, 5.74) is 5.01. The smallest absolute Gasteiger partial charge is 0.179 e. The third-order valence-electron chi connectivity index (χ3n) is 3.96. The molecule has 0 saturated carbocycles. The molecule has 0 saturated heterocycles. The SMILES string of the molecule is Cc1ccc2[nH]c3cc[n+](Cc4ccccc4)cc3c2c1. The highest BCUT2D eigenvalue weighted by atomic mass is 14.9. The summed E-state index contributed by atoms with van der Waals surface area (Å²) >= 11 is 0. The van der Waals surface area contributed by atoms with Gasteiger partial charge in [-0.05, 0) is 19.1 Å². The van der Waals surface area contributed by atoms with Crippen LogP contribution in [0.4, 0.5) is 0 Å². The van der Waals surface area contributed by atoms with E-state index in [2.05, 4.69) is 83.5 Å². The third kappa shape index (κ3) is 2.19. The van der Waals surface area contributed by atoms with Crippen molar-refractivity contribution < 1.29 is 4.57 Å². The predicted octanol–water partition coefficient (Wildman–Crippen LogP) is 3.97. The Morgan fingerprint density at radius 2 is 1.71 bits per heavy atom. The molecule has 0 aliphatic heterocycles. The molecule has 0 fully saturated rings. The highest BCUT2D eigenvalue weighted by Crippen LogP contribution is 2.24. The maximum Gasteiger partial charge on any atom is 0.179 e. The molecule has 102 valence electrons. The zero-order valence-electron chi connectivity index (χ0n) is 12.0. The summed E-state index contributed by atoms with van der Waals surface area (Å²) in [6.45, 7) is 3.04. The second kappa shape index (κ2) is 4.74. The van der Waals surface area contributed by atoms with Crippen molar-refractivity contribution in [1.29, 1.82) is 0 Å². The fraction of sp³-hybridized carbons (Fsp3) is 0.105. The summed E-state index contributed by atoms with van der Waals surface area (Å²) in [5, 5.41) is 2.58. The van der Waals surface area contributed by atoms with E-state index in [0.29, 0.717) is 0 Å². The molecule has 0 aliphatic rings. The van der Waals surface area contributed by atoms with Crippen LogP contribution in [0.1, 0.15) is 11.1 Å². The van der Waals surface area contributed by atoms with E-state index in [0.717, 1.165) is 6.54 Å². The molecule has 0 aliphatic carbocycles. The van der Waals surface area contributed by atoms with Crippen LogP contribution in [0.15, 0.2) is 67.0 Å². The summed E-state index contributed by atoms with van der Waals surface area (Å²) in [4.78, 5) is 3.48. The zero-order chi connectivity index (χ0) is 14.2. The normalized spacial score (nSPS) is 11.3. The summed E-state index contributed by atoms with van der Waals surface area (Å²) in [5.74, 6) is 0. The van der Waals surface area contributed by atoms with Crippen LogP contribution >= 0.6 is 0 Å². The van der Waals surface area contributed by atoms with Gasteiger partial charge in [-0.15, -0.1) is 0 Å². The first-order chi connectivity index (χ1) is 10.3. The predicted molar refractivity (Wildman–Crippen MR) is 86.3 cm³/mol. The van der Waals surface area contributed by atoms with Crippen LogP contribution < -0.4 is 4.57 Å². The Kier molecular flexibility index (Phi) is 2.74. The number of hydrogen-bond acceptors (Lipinski definition) is 0. The monoisotopic (exact) mass is 273 g/mol. The van der Waals surface area contributed by atoms with E-state index in [-0.39, 0.29) is 0 Å². The van der Waals surface area contributed by atoms with Gasteiger partial charge in [-0.25, -0.2) is 4.57 Å². The number of fused-ring (bicyclic) bond motifs is 3. The van der Waals surface area contributed by atoms with Crippen LogP contribution in [0, 0.1) is 6.92 Å². The van der Waals surface area contributed by atoms with E-state index in [1.165, 1.54) is 32.9 Å². The minimum absolute atomic E-state index is 0.898. The molecule has 21 heavy (non-hydrogen) atoms. The number of hydrogen-bond donors (Lipinski definition) is 1. The zero-order valence-corrected chi connectivity index (χ0v) is 12.0. The van der Waals surface area contributed by atoms with Crippen LogP contribution in [-0.4, -0.2) is 4.98 Å². The molecule has 0 atom stereocenters. The second-order valence-corrected chi connectivity index (χ2v) is 5.60. The number of nitrogens with zero attached hydrogens (tertiary/aromatic N) is 1. The molecule has 0 spiro atoms. The molecular formula is C19H17N2+. The molecular weight excluding hydrogens is 256 g/mol.